The SMILES string of the molecule is CC#Cc1cc(C)n(-c2nc(-n3cnc4cc(Nc5ccn(C)c(=O)n5)ccc43)ccc2C(C)O)n1. The Balaban J connectivity index is 1.54. The molecule has 4 aromatic heterocycles. The molecule has 2 N–H and O–H groups in total. The second-order valence-electron chi connectivity index (χ2n) is 8.37. The Labute approximate surface area is 206 Å². The fourth-order valence-corrected chi connectivity index (χ4v) is 3.91. The lowest BCUT2D eigenvalue weighted by Gasteiger charge is -2.14. The number of benzene rings is 1. The molecular formula is C26H24N8O2. The van der Waals surface area contributed by atoms with Crippen LogP contribution in [0.3, 0.4) is 0 Å². The second kappa shape index (κ2) is 9.13. The summed E-state index contributed by atoms with van der Waals surface area (Å²) in [5, 5.41) is 18.1. The van der Waals surface area contributed by atoms with Crippen LogP contribution in [-0.4, -0.2) is 39.0 Å². The normalized spacial score (nSPS) is 11.8. The molecule has 0 spiro atoms. The fraction of sp³-hybridized carbons (Fsp3) is 0.192. The smallest absolute Gasteiger partial charge is 0.349 e. The zero-order chi connectivity index (χ0) is 25.4. The first-order valence-electron chi connectivity index (χ1n) is 11.3. The van der Waals surface area contributed by atoms with Crippen LogP contribution in [0.25, 0.3) is 22.7 Å². The first kappa shape index (κ1) is 23.0. The number of nitrogens with zero attached hydrogens (tertiary/aromatic N) is 7. The standard InChI is InChI=1S/C26H24N8O2/c1-5-6-19-13-16(2)34(31-19)25-20(17(3)35)8-10-24(30-25)33-15-27-21-14-18(7-9-22(21)33)28-23-11-12-32(4)26(36)29-23/h7-15,17,35H,1-4H3,(H,28,29,36). The van der Waals surface area contributed by atoms with Gasteiger partial charge in [-0.2, -0.15) is 10.1 Å². The number of rotatable bonds is 5. The van der Waals surface area contributed by atoms with Gasteiger partial charge >= 0.3 is 5.69 Å². The molecule has 4 heterocycles. The van der Waals surface area contributed by atoms with E-state index in [0.29, 0.717) is 28.7 Å². The number of anilines is 2. The summed E-state index contributed by atoms with van der Waals surface area (Å²) in [7, 11) is 1.65. The molecule has 1 aromatic carbocycles. The molecule has 1 unspecified atom stereocenters. The summed E-state index contributed by atoms with van der Waals surface area (Å²) in [6.45, 7) is 5.38. The highest BCUT2D eigenvalue weighted by molar-refractivity contribution is 5.82. The number of imidazole rings is 1. The van der Waals surface area contributed by atoms with Crippen LogP contribution in [0.2, 0.25) is 0 Å². The minimum Gasteiger partial charge on any atom is -0.389 e. The first-order valence-corrected chi connectivity index (χ1v) is 11.3. The Morgan fingerprint density at radius 2 is 1.94 bits per heavy atom. The van der Waals surface area contributed by atoms with E-state index in [1.165, 1.54) is 4.57 Å². The third-order valence-electron chi connectivity index (χ3n) is 5.72. The van der Waals surface area contributed by atoms with Gasteiger partial charge in [-0.25, -0.2) is 19.4 Å². The number of pyridine rings is 1. The number of hydrogen-bond donors (Lipinski definition) is 2. The number of fused-ring (bicyclic) bond motifs is 1. The molecule has 0 saturated heterocycles. The predicted octanol–water partition coefficient (Wildman–Crippen LogP) is 3.18. The molecule has 0 amide bonds. The van der Waals surface area contributed by atoms with Crippen molar-refractivity contribution in [3.05, 3.63) is 82.4 Å². The maximum Gasteiger partial charge on any atom is 0.349 e. The van der Waals surface area contributed by atoms with E-state index in [1.54, 1.807) is 44.2 Å². The van der Waals surface area contributed by atoms with Crippen LogP contribution < -0.4 is 11.0 Å². The Hall–Kier alpha value is -4.75. The quantitative estimate of drug-likeness (QED) is 0.371. The van der Waals surface area contributed by atoms with Crippen LogP contribution in [0.15, 0.2) is 59.8 Å². The second-order valence-corrected chi connectivity index (χ2v) is 8.37. The van der Waals surface area contributed by atoms with Crippen molar-refractivity contribution in [1.82, 2.24) is 33.9 Å². The van der Waals surface area contributed by atoms with Gasteiger partial charge in [0.05, 0.1) is 17.1 Å². The van der Waals surface area contributed by atoms with Gasteiger partial charge in [0, 0.05) is 30.2 Å². The van der Waals surface area contributed by atoms with Crippen molar-refractivity contribution in [2.24, 2.45) is 7.05 Å². The van der Waals surface area contributed by atoms with Crippen LogP contribution >= 0.6 is 0 Å². The van der Waals surface area contributed by atoms with Crippen molar-refractivity contribution in [2.75, 3.05) is 5.32 Å². The minimum absolute atomic E-state index is 0.339. The van der Waals surface area contributed by atoms with Crippen LogP contribution in [0.4, 0.5) is 11.5 Å². The zero-order valence-electron chi connectivity index (χ0n) is 20.3. The average Bonchev–Trinajstić information content (AvgIpc) is 3.44. The van der Waals surface area contributed by atoms with Crippen LogP contribution in [0.1, 0.15) is 36.9 Å². The molecule has 0 bridgehead atoms. The molecule has 10 heteroatoms. The molecule has 0 radical (unpaired) electrons. The first-order chi connectivity index (χ1) is 17.3. The van der Waals surface area contributed by atoms with E-state index in [0.717, 1.165) is 22.4 Å². The van der Waals surface area contributed by atoms with E-state index < -0.39 is 6.10 Å². The van der Waals surface area contributed by atoms with Gasteiger partial charge in [0.2, 0.25) is 0 Å². The van der Waals surface area contributed by atoms with E-state index in [9.17, 15) is 9.90 Å². The van der Waals surface area contributed by atoms with Crippen LogP contribution in [-0.2, 0) is 7.05 Å². The minimum atomic E-state index is -0.734. The number of nitrogens with one attached hydrogen (secondary N) is 1. The monoisotopic (exact) mass is 480 g/mol. The number of aromatic nitrogens is 7. The Bertz CT molecular complexity index is 1720. The largest absolute Gasteiger partial charge is 0.389 e. The third kappa shape index (κ3) is 4.23. The number of aliphatic hydroxyl groups is 1. The van der Waals surface area contributed by atoms with E-state index >= 15 is 0 Å². The molecule has 0 aliphatic rings. The van der Waals surface area contributed by atoms with Gasteiger partial charge in [-0.05, 0) is 69.2 Å². The lowest BCUT2D eigenvalue weighted by Crippen LogP contribution is -2.19. The highest BCUT2D eigenvalue weighted by atomic mass is 16.3. The van der Waals surface area contributed by atoms with Gasteiger partial charge in [-0.1, -0.05) is 5.92 Å². The van der Waals surface area contributed by atoms with Crippen molar-refractivity contribution in [1.29, 1.82) is 0 Å². The fourth-order valence-electron chi connectivity index (χ4n) is 3.91. The van der Waals surface area contributed by atoms with Gasteiger partial charge in [-0.3, -0.25) is 4.57 Å². The van der Waals surface area contributed by atoms with Crippen molar-refractivity contribution in [2.45, 2.75) is 26.9 Å². The zero-order valence-corrected chi connectivity index (χ0v) is 20.3. The van der Waals surface area contributed by atoms with Gasteiger partial charge in [0.25, 0.3) is 0 Å². The van der Waals surface area contributed by atoms with E-state index in [-0.39, 0.29) is 5.69 Å². The highest BCUT2D eigenvalue weighted by Gasteiger charge is 2.17. The van der Waals surface area contributed by atoms with Gasteiger partial charge in [0.15, 0.2) is 5.82 Å². The summed E-state index contributed by atoms with van der Waals surface area (Å²) in [5.74, 6) is 7.44. The molecule has 5 aromatic rings. The van der Waals surface area contributed by atoms with Crippen molar-refractivity contribution in [3.8, 4) is 23.5 Å². The average molecular weight is 481 g/mol. The van der Waals surface area contributed by atoms with Gasteiger partial charge < -0.3 is 15.0 Å². The molecular weight excluding hydrogens is 456 g/mol. The van der Waals surface area contributed by atoms with E-state index in [1.807, 2.05) is 47.9 Å². The summed E-state index contributed by atoms with van der Waals surface area (Å²) in [5.41, 5.74) is 4.14. The van der Waals surface area contributed by atoms with Crippen molar-refractivity contribution >= 4 is 22.5 Å². The van der Waals surface area contributed by atoms with Crippen molar-refractivity contribution in [3.63, 3.8) is 0 Å². The molecule has 10 nitrogen and oxygen atoms in total. The summed E-state index contributed by atoms with van der Waals surface area (Å²) in [6.07, 6.45) is 2.62. The topological polar surface area (TPSA) is 116 Å². The number of aliphatic hydroxyl groups excluding tert-OH is 1. The maximum atomic E-state index is 11.8. The molecule has 36 heavy (non-hydrogen) atoms. The van der Waals surface area contributed by atoms with Crippen molar-refractivity contribution < 1.29 is 5.11 Å². The Morgan fingerprint density at radius 1 is 1.11 bits per heavy atom. The number of hydrogen-bond acceptors (Lipinski definition) is 7. The predicted molar refractivity (Wildman–Crippen MR) is 137 cm³/mol. The lowest BCUT2D eigenvalue weighted by molar-refractivity contribution is 0.198. The molecule has 0 saturated carbocycles. The number of aryl methyl sites for hydroxylation is 2. The van der Waals surface area contributed by atoms with Crippen LogP contribution in [0, 0.1) is 18.8 Å². The Kier molecular flexibility index (Phi) is 5.83. The van der Waals surface area contributed by atoms with Gasteiger partial charge in [-0.15, -0.1) is 0 Å². The summed E-state index contributed by atoms with van der Waals surface area (Å²) < 4.78 is 4.98. The maximum absolute atomic E-state index is 11.8. The summed E-state index contributed by atoms with van der Waals surface area (Å²) in [4.78, 5) is 25.2. The molecule has 180 valence electrons. The van der Waals surface area contributed by atoms with Gasteiger partial charge in [0.1, 0.15) is 23.7 Å². The lowest BCUT2D eigenvalue weighted by atomic mass is 10.1. The molecule has 1 atom stereocenters. The Morgan fingerprint density at radius 3 is 2.69 bits per heavy atom. The van der Waals surface area contributed by atoms with Crippen LogP contribution in [0.5, 0.6) is 0 Å². The summed E-state index contributed by atoms with van der Waals surface area (Å²) >= 11 is 0. The molecule has 0 aliphatic heterocycles. The molecule has 5 rings (SSSR count). The summed E-state index contributed by atoms with van der Waals surface area (Å²) in [6, 6.07) is 13.0. The molecule has 0 aliphatic carbocycles. The highest BCUT2D eigenvalue weighted by Crippen LogP contribution is 2.26. The van der Waals surface area contributed by atoms with E-state index in [4.69, 9.17) is 4.98 Å². The third-order valence-corrected chi connectivity index (χ3v) is 5.72. The van der Waals surface area contributed by atoms with E-state index in [2.05, 4.69) is 32.2 Å². The molecule has 0 fully saturated rings.